The van der Waals surface area contributed by atoms with Crippen molar-refractivity contribution in [1.82, 2.24) is 19.8 Å². The van der Waals surface area contributed by atoms with Gasteiger partial charge >= 0.3 is 0 Å². The van der Waals surface area contributed by atoms with Crippen LogP contribution >= 0.6 is 0 Å². The number of rotatable bonds is 5. The van der Waals surface area contributed by atoms with Crippen LogP contribution in [-0.2, 0) is 20.8 Å². The van der Waals surface area contributed by atoms with E-state index in [0.29, 0.717) is 51.4 Å². The van der Waals surface area contributed by atoms with E-state index in [2.05, 4.69) is 13.8 Å². The van der Waals surface area contributed by atoms with Crippen LogP contribution in [0.15, 0.2) is 0 Å². The van der Waals surface area contributed by atoms with Gasteiger partial charge in [0.05, 0.1) is 0 Å². The highest BCUT2D eigenvalue weighted by molar-refractivity contribution is 5.95. The van der Waals surface area contributed by atoms with Crippen LogP contribution in [0.5, 0.6) is 0 Å². The molecule has 3 aliphatic heterocycles. The number of hydrogen-bond donors (Lipinski definition) is 0. The molecular weight excluding hydrogens is 406 g/mol. The summed E-state index contributed by atoms with van der Waals surface area (Å²) in [6.45, 7) is 10.7. The summed E-state index contributed by atoms with van der Waals surface area (Å²) in [6, 6.07) is -0.389. The number of aryl methyl sites for hydroxylation is 1. The molecule has 1 unspecified atom stereocenters. The highest BCUT2D eigenvalue weighted by Crippen LogP contribution is 2.33. The minimum Gasteiger partial charge on any atom is -0.341 e. The van der Waals surface area contributed by atoms with Gasteiger partial charge in [-0.15, -0.1) is 0 Å². The molecule has 0 aromatic carbocycles. The predicted octanol–water partition coefficient (Wildman–Crippen LogP) is 2.44. The quantitative estimate of drug-likeness (QED) is 0.700. The van der Waals surface area contributed by atoms with Crippen LogP contribution in [0.1, 0.15) is 75.9 Å². The maximum Gasteiger partial charge on any atom is 0.245 e. The van der Waals surface area contributed by atoms with Gasteiger partial charge in [0.25, 0.3) is 0 Å². The van der Waals surface area contributed by atoms with Gasteiger partial charge in [-0.3, -0.25) is 19.3 Å². The second-order valence-electron chi connectivity index (χ2n) is 9.83. The Morgan fingerprint density at radius 3 is 2.34 bits per heavy atom. The molecule has 0 N–H and O–H groups in total. The van der Waals surface area contributed by atoms with Crippen LogP contribution in [0, 0.1) is 12.8 Å². The zero-order valence-corrected chi connectivity index (χ0v) is 19.8. The van der Waals surface area contributed by atoms with E-state index >= 15 is 0 Å². The Kier molecular flexibility index (Phi) is 6.49. The number of piperidine rings is 1. The molecule has 1 atom stereocenters. The Labute approximate surface area is 190 Å². The summed E-state index contributed by atoms with van der Waals surface area (Å²) in [7, 11) is 0. The lowest BCUT2D eigenvalue weighted by Crippen LogP contribution is -2.49. The molecule has 4 heterocycles. The number of amides is 3. The minimum atomic E-state index is -0.389. The lowest BCUT2D eigenvalue weighted by molar-refractivity contribution is -0.143. The van der Waals surface area contributed by atoms with Gasteiger partial charge in [0.1, 0.15) is 17.7 Å². The Hall–Kier alpha value is -2.51. The predicted molar refractivity (Wildman–Crippen MR) is 121 cm³/mol. The fraction of sp³-hybridized carbons (Fsp3) is 0.708. The highest BCUT2D eigenvalue weighted by atomic mass is 16.2. The van der Waals surface area contributed by atoms with Crippen LogP contribution in [-0.4, -0.2) is 69.7 Å². The second-order valence-corrected chi connectivity index (χ2v) is 9.83. The average Bonchev–Trinajstić information content (AvgIpc) is 3.20. The first-order valence-electron chi connectivity index (χ1n) is 12.0. The van der Waals surface area contributed by atoms with Crippen molar-refractivity contribution < 1.29 is 14.4 Å². The van der Waals surface area contributed by atoms with Gasteiger partial charge in [0.15, 0.2) is 0 Å². The first kappa shape index (κ1) is 22.7. The molecule has 0 aliphatic carbocycles. The molecule has 3 aliphatic rings. The molecule has 2 saturated heterocycles. The maximum atomic E-state index is 13.0. The topological polar surface area (TPSA) is 86.7 Å². The monoisotopic (exact) mass is 441 g/mol. The van der Waals surface area contributed by atoms with E-state index < -0.39 is 0 Å². The summed E-state index contributed by atoms with van der Waals surface area (Å²) in [5, 5.41) is 0. The lowest BCUT2D eigenvalue weighted by atomic mass is 9.94. The largest absolute Gasteiger partial charge is 0.341 e. The van der Waals surface area contributed by atoms with Gasteiger partial charge < -0.3 is 9.80 Å². The van der Waals surface area contributed by atoms with Gasteiger partial charge in [0, 0.05) is 56.2 Å². The number of hydrogen-bond acceptors (Lipinski definition) is 5. The molecule has 1 aromatic rings. The first-order chi connectivity index (χ1) is 15.3. The molecule has 8 heteroatoms. The first-order valence-corrected chi connectivity index (χ1v) is 12.0. The Morgan fingerprint density at radius 1 is 1.00 bits per heavy atom. The molecule has 2 fully saturated rings. The molecule has 174 valence electrons. The molecule has 3 amide bonds. The molecule has 0 bridgehead atoms. The minimum absolute atomic E-state index is 0.0370. The van der Waals surface area contributed by atoms with E-state index in [1.807, 2.05) is 23.6 Å². The second kappa shape index (κ2) is 9.16. The van der Waals surface area contributed by atoms with Crippen LogP contribution < -0.4 is 4.90 Å². The Bertz CT molecular complexity index is 907. The van der Waals surface area contributed by atoms with Crippen molar-refractivity contribution in [3.05, 3.63) is 17.1 Å². The zero-order valence-electron chi connectivity index (χ0n) is 19.8. The molecule has 0 radical (unpaired) electrons. The molecule has 8 nitrogen and oxygen atoms in total. The lowest BCUT2D eigenvalue weighted by Gasteiger charge is -2.36. The van der Waals surface area contributed by atoms with Crippen LogP contribution in [0.3, 0.4) is 0 Å². The van der Waals surface area contributed by atoms with Gasteiger partial charge in [-0.25, -0.2) is 9.97 Å². The number of carbonyl (C=O) groups excluding carboxylic acids is 3. The van der Waals surface area contributed by atoms with E-state index in [9.17, 15) is 14.4 Å². The summed E-state index contributed by atoms with van der Waals surface area (Å²) < 4.78 is 0. The zero-order chi connectivity index (χ0) is 23.0. The Morgan fingerprint density at radius 2 is 1.72 bits per heavy atom. The molecule has 32 heavy (non-hydrogen) atoms. The molecule has 4 rings (SSSR count). The van der Waals surface area contributed by atoms with Gasteiger partial charge in [-0.05, 0) is 45.4 Å². The summed E-state index contributed by atoms with van der Waals surface area (Å²) in [6.07, 6.45) is 4.19. The van der Waals surface area contributed by atoms with Crippen molar-refractivity contribution in [3.63, 3.8) is 0 Å². The van der Waals surface area contributed by atoms with Crippen molar-refractivity contribution >= 4 is 23.5 Å². The molecule has 1 aromatic heterocycles. The van der Waals surface area contributed by atoms with Crippen molar-refractivity contribution in [2.75, 3.05) is 31.1 Å². The standard InChI is InChI=1S/C24H35N5O3/c1-15(2)14-29-21(31)8-7-19-16(3)25-22(26-23(19)29)18-9-12-27(13-10-18)24(32)17(4)28-11-5-6-20(28)30/h15,17-18H,5-14H2,1-4H3. The van der Waals surface area contributed by atoms with E-state index in [1.165, 1.54) is 0 Å². The van der Waals surface area contributed by atoms with E-state index in [0.717, 1.165) is 42.2 Å². The maximum absolute atomic E-state index is 13.0. The number of carbonyl (C=O) groups is 3. The third-order valence-electron chi connectivity index (χ3n) is 7.01. The van der Waals surface area contributed by atoms with Crippen molar-refractivity contribution in [3.8, 4) is 0 Å². The molecule has 0 saturated carbocycles. The summed E-state index contributed by atoms with van der Waals surface area (Å²) in [5.41, 5.74) is 2.05. The number of aromatic nitrogens is 2. The van der Waals surface area contributed by atoms with Gasteiger partial charge in [0.2, 0.25) is 17.7 Å². The smallest absolute Gasteiger partial charge is 0.245 e. The average molecular weight is 442 g/mol. The van der Waals surface area contributed by atoms with Crippen molar-refractivity contribution in [2.24, 2.45) is 5.92 Å². The van der Waals surface area contributed by atoms with E-state index in [-0.39, 0.29) is 29.7 Å². The third kappa shape index (κ3) is 4.36. The van der Waals surface area contributed by atoms with E-state index in [4.69, 9.17) is 9.97 Å². The Balaban J connectivity index is 1.46. The summed E-state index contributed by atoms with van der Waals surface area (Å²) in [5.74, 6) is 2.37. The highest BCUT2D eigenvalue weighted by Gasteiger charge is 2.35. The van der Waals surface area contributed by atoms with Gasteiger partial charge in [-0.2, -0.15) is 0 Å². The number of anilines is 1. The molecule has 0 spiro atoms. The van der Waals surface area contributed by atoms with Crippen LogP contribution in [0.4, 0.5) is 5.82 Å². The third-order valence-corrected chi connectivity index (χ3v) is 7.01. The van der Waals surface area contributed by atoms with Crippen LogP contribution in [0.2, 0.25) is 0 Å². The van der Waals surface area contributed by atoms with Gasteiger partial charge in [-0.1, -0.05) is 13.8 Å². The van der Waals surface area contributed by atoms with Crippen molar-refractivity contribution in [1.29, 1.82) is 0 Å². The number of likely N-dealkylation sites (tertiary alicyclic amines) is 2. The normalized spacial score (nSPS) is 20.8. The van der Waals surface area contributed by atoms with E-state index in [1.54, 1.807) is 4.90 Å². The molecular formula is C24H35N5O3. The summed E-state index contributed by atoms with van der Waals surface area (Å²) in [4.78, 5) is 52.7. The van der Waals surface area contributed by atoms with Crippen molar-refractivity contribution in [2.45, 2.75) is 78.2 Å². The fourth-order valence-corrected chi connectivity index (χ4v) is 5.17. The number of fused-ring (bicyclic) bond motifs is 1. The fourth-order valence-electron chi connectivity index (χ4n) is 5.17. The SMILES string of the molecule is Cc1nc(C2CCN(C(=O)C(C)N3CCCC3=O)CC2)nc2c1CCC(=O)N2CC(C)C. The number of nitrogens with zero attached hydrogens (tertiary/aromatic N) is 5. The van der Waals surface area contributed by atoms with Crippen LogP contribution in [0.25, 0.3) is 0 Å². The summed E-state index contributed by atoms with van der Waals surface area (Å²) >= 11 is 0.